The Morgan fingerprint density at radius 2 is 1.62 bits per heavy atom. The van der Waals surface area contributed by atoms with Crippen molar-refractivity contribution in [2.75, 3.05) is 12.4 Å². The highest BCUT2D eigenvalue weighted by Gasteiger charge is 2.24. The van der Waals surface area contributed by atoms with Crippen molar-refractivity contribution >= 4 is 17.7 Å². The van der Waals surface area contributed by atoms with Crippen LogP contribution in [0.5, 0.6) is 0 Å². The number of anilines is 1. The fourth-order valence-electron chi connectivity index (χ4n) is 1.88. The third-order valence-corrected chi connectivity index (χ3v) is 3.24. The van der Waals surface area contributed by atoms with Gasteiger partial charge in [0.25, 0.3) is 0 Å². The number of carbonyl (C=O) groups excluding carboxylic acids is 2. The van der Waals surface area contributed by atoms with Crippen molar-refractivity contribution in [2.45, 2.75) is 39.7 Å². The first-order chi connectivity index (χ1) is 9.85. The van der Waals surface area contributed by atoms with Gasteiger partial charge in [0, 0.05) is 5.69 Å². The van der Waals surface area contributed by atoms with Crippen molar-refractivity contribution in [3.63, 3.8) is 0 Å². The summed E-state index contributed by atoms with van der Waals surface area (Å²) in [6.07, 6.45) is 0. The number of urea groups is 1. The molecule has 0 radical (unpaired) electrons. The van der Waals surface area contributed by atoms with E-state index in [1.165, 1.54) is 12.7 Å². The van der Waals surface area contributed by atoms with Crippen LogP contribution in [-0.4, -0.2) is 25.2 Å². The molecule has 0 bridgehead atoms. The molecule has 1 atom stereocenters. The Balaban J connectivity index is 2.65. The lowest BCUT2D eigenvalue weighted by molar-refractivity contribution is -0.143. The predicted molar refractivity (Wildman–Crippen MR) is 83.3 cm³/mol. The zero-order valence-corrected chi connectivity index (χ0v) is 13.3. The van der Waals surface area contributed by atoms with Crippen molar-refractivity contribution in [1.29, 1.82) is 0 Å². The number of hydrogen-bond donors (Lipinski definition) is 2. The van der Waals surface area contributed by atoms with E-state index in [1.54, 1.807) is 0 Å². The van der Waals surface area contributed by atoms with Crippen LogP contribution in [0.4, 0.5) is 10.5 Å². The van der Waals surface area contributed by atoms with Crippen LogP contribution in [0.3, 0.4) is 0 Å². The van der Waals surface area contributed by atoms with Gasteiger partial charge >= 0.3 is 12.0 Å². The third kappa shape index (κ3) is 5.10. The maximum atomic E-state index is 11.9. The summed E-state index contributed by atoms with van der Waals surface area (Å²) >= 11 is 0. The van der Waals surface area contributed by atoms with Crippen LogP contribution in [0.25, 0.3) is 0 Å². The van der Waals surface area contributed by atoms with Gasteiger partial charge in [0.05, 0.1) is 7.11 Å². The van der Waals surface area contributed by atoms with E-state index in [9.17, 15) is 9.59 Å². The summed E-state index contributed by atoms with van der Waals surface area (Å²) in [7, 11) is 1.31. The molecular weight excluding hydrogens is 268 g/mol. The highest BCUT2D eigenvalue weighted by atomic mass is 16.5. The standard InChI is InChI=1S/C16H24N2O3/c1-10(2)12-6-8-13(9-7-12)17-16(20)18-14(11(3)4)15(19)21-5/h6-11,14H,1-5H3,(H2,17,18,20)/t14-/m1/s1. The molecule has 0 aliphatic rings. The van der Waals surface area contributed by atoms with Crippen LogP contribution < -0.4 is 10.6 Å². The number of ether oxygens (including phenoxy) is 1. The fraction of sp³-hybridized carbons (Fsp3) is 0.500. The Morgan fingerprint density at radius 1 is 1.05 bits per heavy atom. The normalized spacial score (nSPS) is 12.1. The molecule has 0 heterocycles. The van der Waals surface area contributed by atoms with Gasteiger partial charge in [-0.05, 0) is 29.5 Å². The number of nitrogens with one attached hydrogen (secondary N) is 2. The van der Waals surface area contributed by atoms with Crippen LogP contribution in [-0.2, 0) is 9.53 Å². The second kappa shape index (κ2) is 7.67. The van der Waals surface area contributed by atoms with Gasteiger partial charge in [0.2, 0.25) is 0 Å². The van der Waals surface area contributed by atoms with Gasteiger partial charge in [-0.1, -0.05) is 39.8 Å². The quantitative estimate of drug-likeness (QED) is 0.819. The van der Waals surface area contributed by atoms with Crippen molar-refractivity contribution < 1.29 is 14.3 Å². The van der Waals surface area contributed by atoms with Gasteiger partial charge in [0.15, 0.2) is 0 Å². The average Bonchev–Trinajstić information content (AvgIpc) is 2.44. The van der Waals surface area contributed by atoms with E-state index in [1.807, 2.05) is 38.1 Å². The summed E-state index contributed by atoms with van der Waals surface area (Å²) in [5.41, 5.74) is 1.89. The minimum Gasteiger partial charge on any atom is -0.467 e. The minimum atomic E-state index is -0.662. The molecule has 0 aromatic heterocycles. The Hall–Kier alpha value is -2.04. The van der Waals surface area contributed by atoms with Crippen molar-refractivity contribution in [3.8, 4) is 0 Å². The zero-order valence-electron chi connectivity index (χ0n) is 13.3. The number of hydrogen-bond acceptors (Lipinski definition) is 3. The summed E-state index contributed by atoms with van der Waals surface area (Å²) in [6.45, 7) is 7.91. The number of carbonyl (C=O) groups is 2. The summed E-state index contributed by atoms with van der Waals surface area (Å²) in [6, 6.07) is 6.55. The molecule has 21 heavy (non-hydrogen) atoms. The molecule has 1 aromatic carbocycles. The Labute approximate surface area is 126 Å². The first kappa shape index (κ1) is 17.0. The fourth-order valence-corrected chi connectivity index (χ4v) is 1.88. The number of amides is 2. The summed E-state index contributed by atoms with van der Waals surface area (Å²) in [5.74, 6) is -0.0562. The third-order valence-electron chi connectivity index (χ3n) is 3.24. The second-order valence-electron chi connectivity index (χ2n) is 5.62. The molecule has 2 N–H and O–H groups in total. The van der Waals surface area contributed by atoms with Gasteiger partial charge in [-0.25, -0.2) is 9.59 Å². The molecule has 5 nitrogen and oxygen atoms in total. The SMILES string of the molecule is COC(=O)[C@H](NC(=O)Nc1ccc(C(C)C)cc1)C(C)C. The number of esters is 1. The number of benzene rings is 1. The van der Waals surface area contributed by atoms with Gasteiger partial charge in [-0.15, -0.1) is 0 Å². The molecule has 1 aromatic rings. The summed E-state index contributed by atoms with van der Waals surface area (Å²) < 4.78 is 4.69. The van der Waals surface area contributed by atoms with Crippen LogP contribution >= 0.6 is 0 Å². The number of methoxy groups -OCH3 is 1. The van der Waals surface area contributed by atoms with Gasteiger partial charge in [0.1, 0.15) is 6.04 Å². The van der Waals surface area contributed by atoms with E-state index in [0.717, 1.165) is 0 Å². The lowest BCUT2D eigenvalue weighted by Crippen LogP contribution is -2.46. The van der Waals surface area contributed by atoms with Crippen LogP contribution in [0.2, 0.25) is 0 Å². The van der Waals surface area contributed by atoms with Crippen molar-refractivity contribution in [2.24, 2.45) is 5.92 Å². The highest BCUT2D eigenvalue weighted by molar-refractivity contribution is 5.92. The van der Waals surface area contributed by atoms with Crippen molar-refractivity contribution in [3.05, 3.63) is 29.8 Å². The predicted octanol–water partition coefficient (Wildman–Crippen LogP) is 3.13. The second-order valence-corrected chi connectivity index (χ2v) is 5.62. The topological polar surface area (TPSA) is 67.4 Å². The van der Waals surface area contributed by atoms with E-state index in [0.29, 0.717) is 11.6 Å². The largest absolute Gasteiger partial charge is 0.467 e. The Kier molecular flexibility index (Phi) is 6.21. The monoisotopic (exact) mass is 292 g/mol. The number of rotatable bonds is 5. The minimum absolute atomic E-state index is 0.0495. The van der Waals surface area contributed by atoms with Crippen LogP contribution in [0, 0.1) is 5.92 Å². The summed E-state index contributed by atoms with van der Waals surface area (Å²) in [4.78, 5) is 23.5. The molecule has 2 amide bonds. The maximum Gasteiger partial charge on any atom is 0.328 e. The highest BCUT2D eigenvalue weighted by Crippen LogP contribution is 2.17. The Morgan fingerprint density at radius 3 is 2.05 bits per heavy atom. The maximum absolute atomic E-state index is 11.9. The lowest BCUT2D eigenvalue weighted by atomic mass is 10.0. The molecule has 0 unspecified atom stereocenters. The molecule has 1 rings (SSSR count). The lowest BCUT2D eigenvalue weighted by Gasteiger charge is -2.20. The molecule has 5 heteroatoms. The summed E-state index contributed by atoms with van der Waals surface area (Å²) in [5, 5.41) is 5.34. The van der Waals surface area contributed by atoms with E-state index in [-0.39, 0.29) is 5.92 Å². The van der Waals surface area contributed by atoms with Crippen molar-refractivity contribution in [1.82, 2.24) is 5.32 Å². The molecule has 0 saturated heterocycles. The van der Waals surface area contributed by atoms with E-state index in [4.69, 9.17) is 0 Å². The first-order valence-corrected chi connectivity index (χ1v) is 7.10. The molecular formula is C16H24N2O3. The van der Waals surface area contributed by atoms with E-state index >= 15 is 0 Å². The first-order valence-electron chi connectivity index (χ1n) is 7.10. The van der Waals surface area contributed by atoms with Crippen LogP contribution in [0.15, 0.2) is 24.3 Å². The van der Waals surface area contributed by atoms with Crippen LogP contribution in [0.1, 0.15) is 39.2 Å². The van der Waals surface area contributed by atoms with Gasteiger partial charge in [-0.2, -0.15) is 0 Å². The zero-order chi connectivity index (χ0) is 16.0. The van der Waals surface area contributed by atoms with E-state index < -0.39 is 18.0 Å². The average molecular weight is 292 g/mol. The molecule has 0 saturated carbocycles. The Bertz CT molecular complexity index is 481. The smallest absolute Gasteiger partial charge is 0.328 e. The molecule has 116 valence electrons. The van der Waals surface area contributed by atoms with Gasteiger partial charge < -0.3 is 15.4 Å². The van der Waals surface area contributed by atoms with Gasteiger partial charge in [-0.3, -0.25) is 0 Å². The molecule has 0 spiro atoms. The molecule has 0 aliphatic carbocycles. The van der Waals surface area contributed by atoms with E-state index in [2.05, 4.69) is 29.2 Å². The molecule has 0 fully saturated rings. The molecule has 0 aliphatic heterocycles.